The van der Waals surface area contributed by atoms with Crippen LogP contribution in [0.25, 0.3) is 0 Å². The van der Waals surface area contributed by atoms with Crippen molar-refractivity contribution in [3.63, 3.8) is 0 Å². The number of hydrogen-bond donors (Lipinski definition) is 2. The molecule has 2 aromatic carbocycles. The first kappa shape index (κ1) is 18.4. The van der Waals surface area contributed by atoms with Crippen molar-refractivity contribution in [3.8, 4) is 5.75 Å². The van der Waals surface area contributed by atoms with Gasteiger partial charge < -0.3 is 15.4 Å². The first-order valence-corrected chi connectivity index (χ1v) is 8.63. The fraction of sp³-hybridized carbons (Fsp3) is 0.190. The summed E-state index contributed by atoms with van der Waals surface area (Å²) in [7, 11) is 1.64. The highest BCUT2D eigenvalue weighted by Crippen LogP contribution is 2.19. The van der Waals surface area contributed by atoms with Gasteiger partial charge in [-0.2, -0.15) is 0 Å². The van der Waals surface area contributed by atoms with Crippen LogP contribution >= 0.6 is 0 Å². The van der Waals surface area contributed by atoms with Crippen LogP contribution in [0.4, 0.5) is 11.6 Å². The molecule has 0 bridgehead atoms. The topological polar surface area (TPSA) is 76.1 Å². The lowest BCUT2D eigenvalue weighted by atomic mass is 10.1. The van der Waals surface area contributed by atoms with Gasteiger partial charge in [-0.3, -0.25) is 4.79 Å². The quantitative estimate of drug-likeness (QED) is 0.694. The molecule has 6 nitrogen and oxygen atoms in total. The van der Waals surface area contributed by atoms with Crippen LogP contribution in [-0.2, 0) is 6.54 Å². The number of methoxy groups -OCH3 is 1. The van der Waals surface area contributed by atoms with Crippen molar-refractivity contribution in [2.45, 2.75) is 20.4 Å². The summed E-state index contributed by atoms with van der Waals surface area (Å²) in [5.74, 6) is 1.05. The minimum atomic E-state index is -0.231. The Kier molecular flexibility index (Phi) is 5.66. The normalized spacial score (nSPS) is 10.3. The number of nitrogens with one attached hydrogen (secondary N) is 2. The number of hydrogen-bond acceptors (Lipinski definition) is 5. The fourth-order valence-electron chi connectivity index (χ4n) is 2.54. The molecule has 0 radical (unpaired) electrons. The van der Waals surface area contributed by atoms with Crippen LogP contribution in [0.3, 0.4) is 0 Å². The predicted molar refractivity (Wildman–Crippen MR) is 106 cm³/mol. The van der Waals surface area contributed by atoms with Crippen LogP contribution in [-0.4, -0.2) is 23.0 Å². The van der Waals surface area contributed by atoms with Gasteiger partial charge in [-0.1, -0.05) is 24.3 Å². The molecule has 1 aromatic heterocycles. The van der Waals surface area contributed by atoms with Crippen molar-refractivity contribution in [3.05, 3.63) is 77.1 Å². The van der Waals surface area contributed by atoms with Crippen molar-refractivity contribution < 1.29 is 9.53 Å². The standard InChI is InChI=1S/C21H22N4O2/c1-14-5-4-6-19(15(14)2)25-20(26)17-12-23-21(24-13-17)22-11-16-7-9-18(27-3)10-8-16/h4-10,12-13H,11H2,1-3H3,(H,25,26)(H,22,23,24). The van der Waals surface area contributed by atoms with Crippen LogP contribution < -0.4 is 15.4 Å². The zero-order valence-corrected chi connectivity index (χ0v) is 15.6. The van der Waals surface area contributed by atoms with Gasteiger partial charge in [-0.05, 0) is 48.7 Å². The molecule has 3 rings (SSSR count). The Morgan fingerprint density at radius 2 is 1.74 bits per heavy atom. The van der Waals surface area contributed by atoms with Gasteiger partial charge in [0.1, 0.15) is 5.75 Å². The van der Waals surface area contributed by atoms with E-state index in [-0.39, 0.29) is 5.91 Å². The molecule has 0 saturated heterocycles. The second kappa shape index (κ2) is 8.31. The number of aromatic nitrogens is 2. The van der Waals surface area contributed by atoms with Gasteiger partial charge in [0.05, 0.1) is 12.7 Å². The Labute approximate surface area is 158 Å². The molecule has 0 fully saturated rings. The maximum Gasteiger partial charge on any atom is 0.258 e. The summed E-state index contributed by atoms with van der Waals surface area (Å²) in [5, 5.41) is 6.04. The zero-order valence-electron chi connectivity index (χ0n) is 15.6. The SMILES string of the molecule is COc1ccc(CNc2ncc(C(=O)Nc3cccc(C)c3C)cn2)cc1. The van der Waals surface area contributed by atoms with E-state index in [1.807, 2.05) is 56.3 Å². The average Bonchev–Trinajstić information content (AvgIpc) is 2.70. The summed E-state index contributed by atoms with van der Waals surface area (Å²) in [4.78, 5) is 20.9. The summed E-state index contributed by atoms with van der Waals surface area (Å²) in [5.41, 5.74) is 4.45. The lowest BCUT2D eigenvalue weighted by Crippen LogP contribution is -2.14. The van der Waals surface area contributed by atoms with Crippen LogP contribution in [0.1, 0.15) is 27.0 Å². The summed E-state index contributed by atoms with van der Waals surface area (Å²) >= 11 is 0. The number of carbonyl (C=O) groups is 1. The van der Waals surface area contributed by atoms with E-state index in [2.05, 4.69) is 20.6 Å². The number of ether oxygens (including phenoxy) is 1. The summed E-state index contributed by atoms with van der Waals surface area (Å²) in [6, 6.07) is 13.6. The number of carbonyl (C=O) groups excluding carboxylic acids is 1. The minimum absolute atomic E-state index is 0.231. The molecule has 6 heteroatoms. The molecule has 1 heterocycles. The first-order valence-electron chi connectivity index (χ1n) is 8.63. The Bertz CT molecular complexity index is 922. The molecule has 27 heavy (non-hydrogen) atoms. The molecule has 138 valence electrons. The van der Waals surface area contributed by atoms with E-state index in [1.54, 1.807) is 7.11 Å². The van der Waals surface area contributed by atoms with E-state index in [0.717, 1.165) is 28.1 Å². The predicted octanol–water partition coefficient (Wildman–Crippen LogP) is 3.97. The number of benzene rings is 2. The molecular weight excluding hydrogens is 340 g/mol. The summed E-state index contributed by atoms with van der Waals surface area (Å²) in [6.45, 7) is 4.57. The number of amides is 1. The highest BCUT2D eigenvalue weighted by Gasteiger charge is 2.10. The van der Waals surface area contributed by atoms with Crippen molar-refractivity contribution >= 4 is 17.5 Å². The third-order valence-corrected chi connectivity index (χ3v) is 4.38. The lowest BCUT2D eigenvalue weighted by molar-refractivity contribution is 0.102. The smallest absolute Gasteiger partial charge is 0.258 e. The van der Waals surface area contributed by atoms with Crippen molar-refractivity contribution in [1.82, 2.24) is 9.97 Å². The Balaban J connectivity index is 1.60. The van der Waals surface area contributed by atoms with Crippen LogP contribution in [0, 0.1) is 13.8 Å². The van der Waals surface area contributed by atoms with E-state index in [9.17, 15) is 4.79 Å². The van der Waals surface area contributed by atoms with Crippen LogP contribution in [0.15, 0.2) is 54.9 Å². The maximum absolute atomic E-state index is 12.4. The molecule has 0 spiro atoms. The van der Waals surface area contributed by atoms with Gasteiger partial charge >= 0.3 is 0 Å². The maximum atomic E-state index is 12.4. The van der Waals surface area contributed by atoms with Gasteiger partial charge in [-0.25, -0.2) is 9.97 Å². The number of nitrogens with zero attached hydrogens (tertiary/aromatic N) is 2. The minimum Gasteiger partial charge on any atom is -0.497 e. The molecule has 3 aromatic rings. The third kappa shape index (κ3) is 4.61. The fourth-order valence-corrected chi connectivity index (χ4v) is 2.54. The van der Waals surface area contributed by atoms with Crippen molar-refractivity contribution in [2.24, 2.45) is 0 Å². The number of rotatable bonds is 6. The Morgan fingerprint density at radius 1 is 1.04 bits per heavy atom. The van der Waals surface area contributed by atoms with Crippen LogP contribution in [0.2, 0.25) is 0 Å². The number of anilines is 2. The highest BCUT2D eigenvalue weighted by molar-refractivity contribution is 6.04. The van der Waals surface area contributed by atoms with Crippen molar-refractivity contribution in [2.75, 3.05) is 17.7 Å². The van der Waals surface area contributed by atoms with Crippen molar-refractivity contribution in [1.29, 1.82) is 0 Å². The Hall–Kier alpha value is -3.41. The molecule has 0 aliphatic carbocycles. The molecule has 0 unspecified atom stereocenters. The molecular formula is C21H22N4O2. The summed E-state index contributed by atoms with van der Waals surface area (Å²) < 4.78 is 5.14. The van der Waals surface area contributed by atoms with E-state index >= 15 is 0 Å². The molecule has 2 N–H and O–H groups in total. The van der Waals surface area contributed by atoms with Gasteiger partial charge in [0.2, 0.25) is 5.95 Å². The number of aryl methyl sites for hydroxylation is 1. The second-order valence-electron chi connectivity index (χ2n) is 6.20. The summed E-state index contributed by atoms with van der Waals surface area (Å²) in [6.07, 6.45) is 3.04. The van der Waals surface area contributed by atoms with Gasteiger partial charge in [0, 0.05) is 24.6 Å². The van der Waals surface area contributed by atoms with E-state index < -0.39 is 0 Å². The lowest BCUT2D eigenvalue weighted by Gasteiger charge is -2.10. The van der Waals surface area contributed by atoms with E-state index in [1.165, 1.54) is 12.4 Å². The first-order chi connectivity index (χ1) is 13.1. The monoisotopic (exact) mass is 362 g/mol. The highest BCUT2D eigenvalue weighted by atomic mass is 16.5. The second-order valence-corrected chi connectivity index (χ2v) is 6.20. The Morgan fingerprint density at radius 3 is 2.41 bits per heavy atom. The molecule has 0 aliphatic heterocycles. The molecule has 0 atom stereocenters. The van der Waals surface area contributed by atoms with Crippen LogP contribution in [0.5, 0.6) is 5.75 Å². The van der Waals surface area contributed by atoms with E-state index in [4.69, 9.17) is 4.74 Å². The zero-order chi connectivity index (χ0) is 19.2. The van der Waals surface area contributed by atoms with E-state index in [0.29, 0.717) is 18.1 Å². The van der Waals surface area contributed by atoms with Gasteiger partial charge in [0.15, 0.2) is 0 Å². The van der Waals surface area contributed by atoms with Gasteiger partial charge in [-0.15, -0.1) is 0 Å². The third-order valence-electron chi connectivity index (χ3n) is 4.38. The largest absolute Gasteiger partial charge is 0.497 e. The molecule has 0 aliphatic rings. The molecule has 0 saturated carbocycles. The molecule has 1 amide bonds. The average molecular weight is 362 g/mol. The van der Waals surface area contributed by atoms with Gasteiger partial charge in [0.25, 0.3) is 5.91 Å².